The van der Waals surface area contributed by atoms with Crippen molar-refractivity contribution in [1.82, 2.24) is 9.13 Å². The Hall–Kier alpha value is -13.4. The Labute approximate surface area is 623 Å². The number of hydrogen-bond acceptors (Lipinski definition) is 3. The lowest BCUT2D eigenvalue weighted by atomic mass is 9.33. The van der Waals surface area contributed by atoms with Gasteiger partial charge >= 0.3 is 0 Å². The molecule has 16 aromatic carbocycles. The van der Waals surface area contributed by atoms with E-state index in [-0.39, 0.29) is 23.1 Å². The number of para-hydroxylation sites is 4. The fraction of sp³-hybridized carbons (Fsp3) is 0.0400. The molecule has 0 bridgehead atoms. The lowest BCUT2D eigenvalue weighted by molar-refractivity contribution is 0.591. The zero-order chi connectivity index (χ0) is 74.7. The molecule has 0 atom stereocenters. The largest absolute Gasteiger partial charge is 0.456 e. The van der Waals surface area contributed by atoms with E-state index in [2.05, 4.69) is 361 Å². The quantitative estimate of drug-likeness (QED) is 0.128. The van der Waals surface area contributed by atoms with Crippen LogP contribution in [0.1, 0.15) is 33.2 Å². The lowest BCUT2D eigenvalue weighted by Gasteiger charge is -2.45. The van der Waals surface area contributed by atoms with Gasteiger partial charge in [0.2, 0.25) is 0 Å². The Morgan fingerprint density at radius 1 is 0.311 bits per heavy atom. The zero-order valence-corrected chi connectivity index (χ0v) is 58.5. The number of aromatic nitrogens is 2. The van der Waals surface area contributed by atoms with E-state index >= 15 is 0 Å². The van der Waals surface area contributed by atoms with Crippen LogP contribution in [0.3, 0.4) is 0 Å². The van der Waals surface area contributed by atoms with E-state index in [4.69, 9.17) is 5.79 Å². The average molecular weight is 1360 g/mol. The van der Waals surface area contributed by atoms with Crippen molar-refractivity contribution >= 4 is 123 Å². The van der Waals surface area contributed by atoms with Gasteiger partial charge in [-0.05, 0) is 192 Å². The van der Waals surface area contributed by atoms with Crippen LogP contribution in [0.2, 0.25) is 0 Å². The van der Waals surface area contributed by atoms with Gasteiger partial charge in [0, 0.05) is 77.9 Å². The molecular weight excluding hydrogens is 1280 g/mol. The first kappa shape index (κ1) is 56.2. The van der Waals surface area contributed by atoms with Crippen molar-refractivity contribution < 1.29 is 11.3 Å². The van der Waals surface area contributed by atoms with Crippen LogP contribution in [0.5, 0.6) is 0 Å². The summed E-state index contributed by atoms with van der Waals surface area (Å²) in [6.07, 6.45) is 0. The topological polar surface area (TPSA) is 29.5 Å². The molecule has 0 radical (unpaired) electrons. The van der Waals surface area contributed by atoms with Crippen LogP contribution in [0.15, 0.2) is 368 Å². The normalized spacial score (nSPS) is 13.3. The molecular formula is C100H69BN4O. The Bertz CT molecular complexity index is 6920. The molecule has 0 fully saturated rings. The van der Waals surface area contributed by atoms with Crippen molar-refractivity contribution in [3.8, 4) is 78.1 Å². The molecule has 0 saturated heterocycles. The van der Waals surface area contributed by atoms with Crippen LogP contribution < -0.4 is 26.2 Å². The number of hydrogen-bond donors (Lipinski definition) is 0. The third kappa shape index (κ3) is 9.64. The first-order valence-electron chi connectivity index (χ1n) is 38.9. The molecule has 0 N–H and O–H groups in total. The van der Waals surface area contributed by atoms with Gasteiger partial charge in [-0.3, -0.25) is 0 Å². The van der Waals surface area contributed by atoms with Gasteiger partial charge < -0.3 is 23.4 Å². The molecule has 5 nitrogen and oxygen atoms in total. The van der Waals surface area contributed by atoms with Crippen molar-refractivity contribution in [3.05, 3.63) is 369 Å². The number of rotatable bonds is 10. The lowest BCUT2D eigenvalue weighted by Crippen LogP contribution is -2.61. The molecule has 21 rings (SSSR count). The molecule has 498 valence electrons. The van der Waals surface area contributed by atoms with E-state index in [9.17, 15) is 5.48 Å². The molecule has 0 aliphatic carbocycles. The minimum Gasteiger partial charge on any atom is -0.456 e. The summed E-state index contributed by atoms with van der Waals surface area (Å²) in [5.41, 5.74) is 28.3. The van der Waals surface area contributed by atoms with Crippen LogP contribution in [0, 0.1) is 0 Å². The van der Waals surface area contributed by atoms with Crippen LogP contribution in [0.4, 0.5) is 34.1 Å². The summed E-state index contributed by atoms with van der Waals surface area (Å²) in [5.74, 6) is 0. The minimum atomic E-state index is -0.557. The van der Waals surface area contributed by atoms with Gasteiger partial charge in [-0.1, -0.05) is 275 Å². The summed E-state index contributed by atoms with van der Waals surface area (Å²) in [6, 6.07) is 119. The van der Waals surface area contributed by atoms with Gasteiger partial charge in [-0.15, -0.1) is 0 Å². The van der Waals surface area contributed by atoms with Crippen LogP contribution in [-0.4, -0.2) is 15.8 Å². The van der Waals surface area contributed by atoms with Gasteiger partial charge in [0.05, 0.1) is 40.0 Å². The maximum absolute atomic E-state index is 9.69. The standard InChI is InChI=1S/C100H69BN4O/c1-100(2,3)73-61-82(67-35-16-7-17-36-67)98(83(62-73)68-37-18-8-19-38-68)105-90-63-75(104-86-45-25-22-41-78(86)79-51-54-94-96(99(79)104)81-43-24-27-48-93(81)106-94)50-52-84(90)101-85-58-69(64-29-10-4-11-30-64)49-53-88(85)103(76-56-70(65-31-12-5-13-32-65)55-71(57-76)66-33-14-6-15-34-66)91-59-72(60-92(105)97(91)101)77-44-28-47-89-95(77)80-42-23-26-46-87(80)102(89)74-39-20-9-21-40-74/h4-63H,1-3H3/i4D,10D,11D,29D,30D. The molecule has 0 spiro atoms. The zero-order valence-electron chi connectivity index (χ0n) is 63.5. The monoisotopic (exact) mass is 1360 g/mol. The highest BCUT2D eigenvalue weighted by molar-refractivity contribution is 7.00. The van der Waals surface area contributed by atoms with Crippen molar-refractivity contribution in [3.63, 3.8) is 0 Å². The van der Waals surface area contributed by atoms with Crippen molar-refractivity contribution in [1.29, 1.82) is 0 Å². The van der Waals surface area contributed by atoms with Gasteiger partial charge in [0.15, 0.2) is 0 Å². The third-order valence-corrected chi connectivity index (χ3v) is 22.1. The van der Waals surface area contributed by atoms with Crippen molar-refractivity contribution in [2.45, 2.75) is 26.2 Å². The smallest absolute Gasteiger partial charge is 0.252 e. The average Bonchev–Trinajstić information content (AvgIpc) is 1.05. The molecule has 0 saturated carbocycles. The highest BCUT2D eigenvalue weighted by atomic mass is 16.3. The molecule has 0 amide bonds. The number of anilines is 6. The highest BCUT2D eigenvalue weighted by Crippen LogP contribution is 2.55. The van der Waals surface area contributed by atoms with E-state index in [1.807, 2.05) is 12.1 Å². The van der Waals surface area contributed by atoms with E-state index in [0.717, 1.165) is 183 Å². The Kier molecular flexibility index (Phi) is 12.8. The fourth-order valence-electron chi connectivity index (χ4n) is 17.3. The van der Waals surface area contributed by atoms with Crippen LogP contribution in [-0.2, 0) is 5.41 Å². The van der Waals surface area contributed by atoms with E-state index in [1.54, 1.807) is 0 Å². The second-order valence-electron chi connectivity index (χ2n) is 29.1. The number of fused-ring (bicyclic) bond motifs is 14. The molecule has 19 aromatic rings. The van der Waals surface area contributed by atoms with E-state index < -0.39 is 24.8 Å². The van der Waals surface area contributed by atoms with Crippen LogP contribution >= 0.6 is 0 Å². The molecule has 3 aromatic heterocycles. The molecule has 5 heterocycles. The molecule has 106 heavy (non-hydrogen) atoms. The number of benzene rings is 16. The summed E-state index contributed by atoms with van der Waals surface area (Å²) in [5, 5.41) is 6.50. The SMILES string of the molecule is [2H]c1c([2H])c([2H])c(-c2ccc3c(c2)B2c4ccc(-n5c6ccccc6c6ccc7oc8ccccc8c7c65)cc4N(c4c(-c5ccccc5)cc(C(C)(C)C)cc4-c4ccccc4)c4cc(-c5cccc6c5c5ccccc5n6-c5ccccc5)cc(c42)N3c2cc(-c3ccccc3)cc(-c3ccccc3)c2)c([2H])c1[2H]. The Balaban J connectivity index is 0.967. The van der Waals surface area contributed by atoms with Gasteiger partial charge in [-0.2, -0.15) is 0 Å². The minimum absolute atomic E-state index is 0.133. The summed E-state index contributed by atoms with van der Waals surface area (Å²) in [4.78, 5) is 5.07. The first-order chi connectivity index (χ1) is 54.3. The Morgan fingerprint density at radius 3 is 1.55 bits per heavy atom. The second kappa shape index (κ2) is 24.1. The molecule has 6 heteroatoms. The fourth-order valence-corrected chi connectivity index (χ4v) is 17.3. The van der Waals surface area contributed by atoms with E-state index in [0.29, 0.717) is 5.56 Å². The third-order valence-electron chi connectivity index (χ3n) is 22.1. The van der Waals surface area contributed by atoms with Crippen LogP contribution in [0.25, 0.3) is 144 Å². The molecule has 2 aliphatic rings. The number of nitrogens with zero attached hydrogens (tertiary/aromatic N) is 4. The van der Waals surface area contributed by atoms with Crippen molar-refractivity contribution in [2.24, 2.45) is 0 Å². The summed E-state index contributed by atoms with van der Waals surface area (Å²) in [7, 11) is 0. The predicted octanol–water partition coefficient (Wildman–Crippen LogP) is 25.2. The molecule has 2 aliphatic heterocycles. The van der Waals surface area contributed by atoms with Gasteiger partial charge in [-0.25, -0.2) is 0 Å². The Morgan fingerprint density at radius 2 is 0.887 bits per heavy atom. The summed E-state index contributed by atoms with van der Waals surface area (Å²) >= 11 is 0. The predicted molar refractivity (Wildman–Crippen MR) is 448 cm³/mol. The van der Waals surface area contributed by atoms with Gasteiger partial charge in [0.25, 0.3) is 6.71 Å². The second-order valence-corrected chi connectivity index (χ2v) is 29.1. The highest BCUT2D eigenvalue weighted by Gasteiger charge is 2.46. The maximum Gasteiger partial charge on any atom is 0.252 e. The van der Waals surface area contributed by atoms with Gasteiger partial charge in [0.1, 0.15) is 11.2 Å². The summed E-state index contributed by atoms with van der Waals surface area (Å²) < 4.78 is 58.2. The molecule has 0 unspecified atom stereocenters. The maximum atomic E-state index is 9.69. The first-order valence-corrected chi connectivity index (χ1v) is 36.4. The number of furan rings is 1. The van der Waals surface area contributed by atoms with E-state index in [1.165, 1.54) is 5.56 Å². The van der Waals surface area contributed by atoms with Crippen molar-refractivity contribution in [2.75, 3.05) is 9.80 Å². The summed E-state index contributed by atoms with van der Waals surface area (Å²) in [6.45, 7) is 6.36.